The molecule has 1 aromatic rings. The molecular formula is C8H9BrN2O2. The molecule has 1 unspecified atom stereocenters. The predicted molar refractivity (Wildman–Crippen MR) is 50.1 cm³/mol. The van der Waals surface area contributed by atoms with Crippen LogP contribution in [0.1, 0.15) is 19.7 Å². The average Bonchev–Trinajstić information content (AvgIpc) is 2.04. The van der Waals surface area contributed by atoms with Gasteiger partial charge in [-0.15, -0.1) is 0 Å². The van der Waals surface area contributed by atoms with E-state index in [1.165, 1.54) is 6.92 Å². The van der Waals surface area contributed by atoms with Gasteiger partial charge in [-0.3, -0.25) is 4.79 Å². The maximum atomic E-state index is 10.7. The lowest BCUT2D eigenvalue weighted by molar-refractivity contribution is -0.148. The highest BCUT2D eigenvalue weighted by Crippen LogP contribution is 2.28. The molecule has 0 bridgehead atoms. The van der Waals surface area contributed by atoms with E-state index in [1.54, 1.807) is 25.4 Å². The molecule has 0 radical (unpaired) electrons. The van der Waals surface area contributed by atoms with Gasteiger partial charge in [0.2, 0.25) is 4.51 Å². The van der Waals surface area contributed by atoms with Gasteiger partial charge in [0.1, 0.15) is 0 Å². The minimum absolute atomic E-state index is 0.383. The molecule has 0 N–H and O–H groups in total. The number of nitrogens with zero attached hydrogens (tertiary/aromatic N) is 2. The molecule has 0 fully saturated rings. The monoisotopic (exact) mass is 244 g/mol. The van der Waals surface area contributed by atoms with Crippen LogP contribution in [0.4, 0.5) is 0 Å². The van der Waals surface area contributed by atoms with E-state index in [2.05, 4.69) is 25.9 Å². The molecule has 70 valence electrons. The van der Waals surface area contributed by atoms with Crippen molar-refractivity contribution in [3.05, 3.63) is 24.3 Å². The summed E-state index contributed by atoms with van der Waals surface area (Å²) in [4.78, 5) is 18.7. The van der Waals surface area contributed by atoms with E-state index < -0.39 is 4.51 Å². The van der Waals surface area contributed by atoms with Gasteiger partial charge in [0.15, 0.2) is 5.82 Å². The topological polar surface area (TPSA) is 52.1 Å². The summed E-state index contributed by atoms with van der Waals surface area (Å²) in [6.45, 7) is 3.01. The maximum absolute atomic E-state index is 10.7. The lowest BCUT2D eigenvalue weighted by Gasteiger charge is -2.19. The summed E-state index contributed by atoms with van der Waals surface area (Å²) < 4.78 is 4.03. The molecule has 0 aliphatic rings. The van der Waals surface area contributed by atoms with Gasteiger partial charge in [-0.1, -0.05) is 0 Å². The van der Waals surface area contributed by atoms with Gasteiger partial charge >= 0.3 is 5.97 Å². The number of hydrogen-bond donors (Lipinski definition) is 0. The van der Waals surface area contributed by atoms with E-state index in [1.807, 2.05) is 0 Å². The normalized spacial score (nSPS) is 14.7. The Balaban J connectivity index is 2.87. The summed E-state index contributed by atoms with van der Waals surface area (Å²) in [6, 6.07) is 1.69. The maximum Gasteiger partial charge on any atom is 0.304 e. The quantitative estimate of drug-likeness (QED) is 0.586. The zero-order valence-corrected chi connectivity index (χ0v) is 8.91. The molecular weight excluding hydrogens is 236 g/mol. The molecule has 0 aromatic carbocycles. The predicted octanol–water partition coefficient (Wildman–Crippen LogP) is 1.61. The number of aromatic nitrogens is 2. The fourth-order valence-corrected chi connectivity index (χ4v) is 1.28. The van der Waals surface area contributed by atoms with Crippen LogP contribution in [-0.2, 0) is 14.0 Å². The van der Waals surface area contributed by atoms with E-state index >= 15 is 0 Å². The molecule has 1 heterocycles. The van der Waals surface area contributed by atoms with Crippen molar-refractivity contribution in [2.45, 2.75) is 18.4 Å². The van der Waals surface area contributed by atoms with Crippen LogP contribution in [0.3, 0.4) is 0 Å². The van der Waals surface area contributed by atoms with Crippen molar-refractivity contribution in [3.63, 3.8) is 0 Å². The highest BCUT2D eigenvalue weighted by atomic mass is 79.9. The molecule has 0 saturated carbocycles. The Morgan fingerprint density at radius 1 is 1.54 bits per heavy atom. The lowest BCUT2D eigenvalue weighted by Crippen LogP contribution is -2.23. The first-order valence-electron chi connectivity index (χ1n) is 3.68. The third-order valence-electron chi connectivity index (χ3n) is 1.30. The smallest absolute Gasteiger partial charge is 0.304 e. The highest BCUT2D eigenvalue weighted by molar-refractivity contribution is 9.09. The van der Waals surface area contributed by atoms with Crippen LogP contribution in [0.15, 0.2) is 18.5 Å². The molecule has 0 aliphatic carbocycles. The molecule has 0 saturated heterocycles. The Bertz CT molecular complexity index is 300. The first kappa shape index (κ1) is 10.1. The number of hydrogen-bond acceptors (Lipinski definition) is 4. The third-order valence-corrected chi connectivity index (χ3v) is 1.82. The molecule has 1 aromatic heterocycles. The SMILES string of the molecule is CC(=O)OC(C)(Br)c1ncccn1. The summed E-state index contributed by atoms with van der Waals surface area (Å²) in [6.07, 6.45) is 3.18. The van der Waals surface area contributed by atoms with Crippen LogP contribution in [0.5, 0.6) is 0 Å². The first-order chi connectivity index (χ1) is 6.02. The van der Waals surface area contributed by atoms with Gasteiger partial charge in [0.25, 0.3) is 0 Å². The Labute approximate surface area is 84.5 Å². The average molecular weight is 245 g/mol. The lowest BCUT2D eigenvalue weighted by atomic mass is 10.3. The van der Waals surface area contributed by atoms with Crippen LogP contribution in [0, 0.1) is 0 Å². The van der Waals surface area contributed by atoms with Crippen LogP contribution in [0.25, 0.3) is 0 Å². The molecule has 1 atom stereocenters. The molecule has 0 aliphatic heterocycles. The summed E-state index contributed by atoms with van der Waals surface area (Å²) in [7, 11) is 0. The molecule has 0 amide bonds. The molecule has 4 nitrogen and oxygen atoms in total. The van der Waals surface area contributed by atoms with E-state index in [-0.39, 0.29) is 5.97 Å². The molecule has 0 spiro atoms. The Morgan fingerprint density at radius 3 is 2.54 bits per heavy atom. The summed E-state index contributed by atoms with van der Waals surface area (Å²) in [5.41, 5.74) is 0. The van der Waals surface area contributed by atoms with E-state index in [9.17, 15) is 4.79 Å². The number of halogens is 1. The number of rotatable bonds is 2. The Kier molecular flexibility index (Phi) is 2.98. The molecule has 13 heavy (non-hydrogen) atoms. The minimum Gasteiger partial charge on any atom is -0.440 e. The number of carbonyl (C=O) groups excluding carboxylic acids is 1. The fourth-order valence-electron chi connectivity index (χ4n) is 0.845. The van der Waals surface area contributed by atoms with Crippen molar-refractivity contribution in [2.24, 2.45) is 0 Å². The third kappa shape index (κ3) is 2.77. The highest BCUT2D eigenvalue weighted by Gasteiger charge is 2.29. The van der Waals surface area contributed by atoms with Crippen LogP contribution in [-0.4, -0.2) is 15.9 Å². The van der Waals surface area contributed by atoms with Gasteiger partial charge in [-0.25, -0.2) is 9.97 Å². The zero-order chi connectivity index (χ0) is 9.90. The molecule has 1 rings (SSSR count). The second-order valence-corrected chi connectivity index (χ2v) is 4.10. The van der Waals surface area contributed by atoms with Crippen molar-refractivity contribution in [1.82, 2.24) is 9.97 Å². The van der Waals surface area contributed by atoms with Gasteiger partial charge in [-0.05, 0) is 28.9 Å². The number of ether oxygens (including phenoxy) is 1. The van der Waals surface area contributed by atoms with Crippen molar-refractivity contribution in [2.75, 3.05) is 0 Å². The van der Waals surface area contributed by atoms with Gasteiger partial charge in [0.05, 0.1) is 0 Å². The zero-order valence-electron chi connectivity index (χ0n) is 7.32. The second-order valence-electron chi connectivity index (χ2n) is 2.58. The number of esters is 1. The van der Waals surface area contributed by atoms with E-state index in [4.69, 9.17) is 4.74 Å². The first-order valence-corrected chi connectivity index (χ1v) is 4.47. The fraction of sp³-hybridized carbons (Fsp3) is 0.375. The van der Waals surface area contributed by atoms with Crippen molar-refractivity contribution in [1.29, 1.82) is 0 Å². The standard InChI is InChI=1S/C8H9BrN2O2/c1-6(12)13-8(2,9)7-10-4-3-5-11-7/h3-5H,1-2H3. The summed E-state index contributed by atoms with van der Waals surface area (Å²) >= 11 is 3.22. The van der Waals surface area contributed by atoms with Crippen molar-refractivity contribution >= 4 is 21.9 Å². The van der Waals surface area contributed by atoms with E-state index in [0.29, 0.717) is 5.82 Å². The van der Waals surface area contributed by atoms with E-state index in [0.717, 1.165) is 0 Å². The summed E-state index contributed by atoms with van der Waals surface area (Å²) in [5.74, 6) is 0.0389. The summed E-state index contributed by atoms with van der Waals surface area (Å²) in [5, 5.41) is 0. The van der Waals surface area contributed by atoms with Crippen LogP contribution in [0.2, 0.25) is 0 Å². The molecule has 5 heteroatoms. The Morgan fingerprint density at radius 2 is 2.08 bits per heavy atom. The number of alkyl halides is 1. The van der Waals surface area contributed by atoms with Crippen molar-refractivity contribution < 1.29 is 9.53 Å². The largest absolute Gasteiger partial charge is 0.440 e. The van der Waals surface area contributed by atoms with Crippen LogP contribution >= 0.6 is 15.9 Å². The number of carbonyl (C=O) groups is 1. The van der Waals surface area contributed by atoms with Crippen molar-refractivity contribution in [3.8, 4) is 0 Å². The Hall–Kier alpha value is -0.970. The van der Waals surface area contributed by atoms with Gasteiger partial charge < -0.3 is 4.74 Å². The minimum atomic E-state index is -0.944. The van der Waals surface area contributed by atoms with Gasteiger partial charge in [0, 0.05) is 19.3 Å². The van der Waals surface area contributed by atoms with Gasteiger partial charge in [-0.2, -0.15) is 0 Å². The second kappa shape index (κ2) is 3.83. The van der Waals surface area contributed by atoms with Crippen LogP contribution < -0.4 is 0 Å².